The molecule has 3 amide bonds. The largest absolute Gasteiger partial charge is 0.449 e. The predicted octanol–water partition coefficient (Wildman–Crippen LogP) is 2.58. The van der Waals surface area contributed by atoms with Gasteiger partial charge in [-0.1, -0.05) is 18.2 Å². The number of rotatable bonds is 6. The molecule has 2 aromatic carbocycles. The lowest BCUT2D eigenvalue weighted by atomic mass is 10.2. The van der Waals surface area contributed by atoms with Gasteiger partial charge in [-0.2, -0.15) is 8.78 Å². The number of amides is 3. The molecule has 1 atom stereocenters. The number of carbonyl (C=O) groups excluding carboxylic acids is 3. The van der Waals surface area contributed by atoms with Crippen molar-refractivity contribution in [2.24, 2.45) is 0 Å². The van der Waals surface area contributed by atoms with E-state index in [-0.39, 0.29) is 5.56 Å². The Morgan fingerprint density at radius 1 is 0.966 bits per heavy atom. The number of anilines is 1. The minimum absolute atomic E-state index is 0.161. The Morgan fingerprint density at radius 3 is 2.10 bits per heavy atom. The van der Waals surface area contributed by atoms with E-state index >= 15 is 0 Å². The highest BCUT2D eigenvalue weighted by atomic mass is 32.2. The average molecular weight is 426 g/mol. The molecule has 0 aromatic heterocycles. The Labute approximate surface area is 164 Å². The van der Waals surface area contributed by atoms with Crippen molar-refractivity contribution in [3.63, 3.8) is 0 Å². The number of hydrogen-bond acceptors (Lipinski definition) is 6. The summed E-state index contributed by atoms with van der Waals surface area (Å²) in [6.45, 7) is 1.22. The lowest BCUT2D eigenvalue weighted by molar-refractivity contribution is -0.127. The molecule has 11 heteroatoms. The summed E-state index contributed by atoms with van der Waals surface area (Å²) in [5.74, 6) is -5.49. The van der Waals surface area contributed by atoms with Gasteiger partial charge in [0.05, 0.1) is 10.5 Å². The minimum Gasteiger partial charge on any atom is -0.449 e. The molecular formula is C18H16F2N2O6S. The van der Waals surface area contributed by atoms with Crippen molar-refractivity contribution >= 4 is 33.4 Å². The summed E-state index contributed by atoms with van der Waals surface area (Å²) in [6, 6.07) is 11.1. The number of halogens is 2. The Balaban J connectivity index is 1.94. The summed E-state index contributed by atoms with van der Waals surface area (Å²) < 4.78 is 52.6. The smallest absolute Gasteiger partial charge is 0.341 e. The Bertz CT molecular complexity index is 995. The third-order valence-corrected chi connectivity index (χ3v) is 4.97. The first-order chi connectivity index (χ1) is 13.6. The zero-order chi connectivity index (χ0) is 21.6. The summed E-state index contributed by atoms with van der Waals surface area (Å²) in [5, 5.41) is 4.41. The van der Waals surface area contributed by atoms with E-state index in [1.54, 1.807) is 30.3 Å². The molecule has 0 aliphatic carbocycles. The Kier molecular flexibility index (Phi) is 6.99. The maximum absolute atomic E-state index is 12.5. The van der Waals surface area contributed by atoms with Gasteiger partial charge < -0.3 is 10.1 Å². The SMILES string of the molecule is CC(OC(=O)c1ccc(S(=O)(=O)C(F)F)cc1)C(=O)NC(=O)Nc1ccccc1. The number of para-hydroxylation sites is 1. The number of nitrogens with one attached hydrogen (secondary N) is 2. The van der Waals surface area contributed by atoms with E-state index in [9.17, 15) is 31.6 Å². The molecule has 2 aromatic rings. The van der Waals surface area contributed by atoms with Crippen molar-refractivity contribution in [2.75, 3.05) is 5.32 Å². The molecule has 0 heterocycles. The van der Waals surface area contributed by atoms with Gasteiger partial charge in [0.2, 0.25) is 9.84 Å². The van der Waals surface area contributed by atoms with Crippen molar-refractivity contribution in [3.05, 3.63) is 60.2 Å². The molecule has 0 radical (unpaired) electrons. The third-order valence-electron chi connectivity index (χ3n) is 3.57. The fourth-order valence-electron chi connectivity index (χ4n) is 2.06. The number of ether oxygens (including phenoxy) is 1. The van der Waals surface area contributed by atoms with E-state index in [1.165, 1.54) is 6.92 Å². The standard InChI is InChI=1S/C18H16F2N2O6S/c1-11(15(23)22-18(25)21-13-5-3-2-4-6-13)28-16(24)12-7-9-14(10-8-12)29(26,27)17(19)20/h2-11,17H,1H3,(H2,21,22,23,25). The Hall–Kier alpha value is -3.34. The van der Waals surface area contributed by atoms with Crippen molar-refractivity contribution in [3.8, 4) is 0 Å². The number of alkyl halides is 2. The molecule has 0 fully saturated rings. The van der Waals surface area contributed by atoms with Gasteiger partial charge in [-0.05, 0) is 43.3 Å². The second kappa shape index (κ2) is 9.24. The van der Waals surface area contributed by atoms with E-state index in [4.69, 9.17) is 4.74 Å². The maximum atomic E-state index is 12.5. The number of benzene rings is 2. The van der Waals surface area contributed by atoms with E-state index in [2.05, 4.69) is 5.32 Å². The van der Waals surface area contributed by atoms with Crippen LogP contribution in [-0.2, 0) is 19.4 Å². The summed E-state index contributed by atoms with van der Waals surface area (Å²) >= 11 is 0. The van der Waals surface area contributed by atoms with Crippen LogP contribution in [0.15, 0.2) is 59.5 Å². The van der Waals surface area contributed by atoms with Crippen LogP contribution in [0.3, 0.4) is 0 Å². The first-order valence-electron chi connectivity index (χ1n) is 8.11. The highest BCUT2D eigenvalue weighted by molar-refractivity contribution is 7.91. The summed E-state index contributed by atoms with van der Waals surface area (Å²) in [5.41, 5.74) is 0.285. The zero-order valence-electron chi connectivity index (χ0n) is 15.0. The molecule has 2 rings (SSSR count). The van der Waals surface area contributed by atoms with E-state index in [0.29, 0.717) is 5.69 Å². The van der Waals surface area contributed by atoms with Crippen molar-refractivity contribution in [1.29, 1.82) is 0 Å². The van der Waals surface area contributed by atoms with Gasteiger partial charge in [0, 0.05) is 5.69 Å². The third kappa shape index (κ3) is 5.82. The van der Waals surface area contributed by atoms with Crippen LogP contribution >= 0.6 is 0 Å². The molecule has 29 heavy (non-hydrogen) atoms. The van der Waals surface area contributed by atoms with Crippen molar-refractivity contribution in [2.45, 2.75) is 23.7 Å². The molecule has 0 aliphatic heterocycles. The highest BCUT2D eigenvalue weighted by Gasteiger charge is 2.27. The van der Waals surface area contributed by atoms with E-state index in [1.807, 2.05) is 5.32 Å². The fraction of sp³-hybridized carbons (Fsp3) is 0.167. The van der Waals surface area contributed by atoms with Gasteiger partial charge in [0.25, 0.3) is 5.91 Å². The molecule has 0 saturated heterocycles. The molecule has 0 spiro atoms. The first kappa shape index (κ1) is 22.0. The van der Waals surface area contributed by atoms with E-state index < -0.39 is 44.5 Å². The van der Waals surface area contributed by atoms with Gasteiger partial charge in [-0.3, -0.25) is 10.1 Å². The quantitative estimate of drug-likeness (QED) is 0.686. The van der Waals surface area contributed by atoms with Gasteiger partial charge in [0.1, 0.15) is 0 Å². The molecule has 8 nitrogen and oxygen atoms in total. The fourth-order valence-corrected chi connectivity index (χ4v) is 2.78. The summed E-state index contributed by atoms with van der Waals surface area (Å²) in [6.07, 6.45) is -1.35. The van der Waals surface area contributed by atoms with Crippen LogP contribution in [0.4, 0.5) is 19.3 Å². The summed E-state index contributed by atoms with van der Waals surface area (Å²) in [7, 11) is -4.79. The monoisotopic (exact) mass is 426 g/mol. The number of sulfone groups is 1. The zero-order valence-corrected chi connectivity index (χ0v) is 15.8. The Morgan fingerprint density at radius 2 is 1.55 bits per heavy atom. The molecule has 0 saturated carbocycles. The van der Waals surface area contributed by atoms with Gasteiger partial charge in [-0.25, -0.2) is 18.0 Å². The predicted molar refractivity (Wildman–Crippen MR) is 98.1 cm³/mol. The topological polar surface area (TPSA) is 119 Å². The van der Waals surface area contributed by atoms with Crippen LogP contribution in [0.25, 0.3) is 0 Å². The number of urea groups is 1. The molecule has 0 bridgehead atoms. The first-order valence-corrected chi connectivity index (χ1v) is 9.66. The van der Waals surface area contributed by atoms with Crippen LogP contribution in [0, 0.1) is 0 Å². The molecule has 154 valence electrons. The minimum atomic E-state index is -4.79. The second-order valence-corrected chi connectivity index (χ2v) is 7.60. The molecule has 1 unspecified atom stereocenters. The molecule has 2 N–H and O–H groups in total. The van der Waals surface area contributed by atoms with Crippen LogP contribution in [-0.4, -0.2) is 38.2 Å². The van der Waals surface area contributed by atoms with Gasteiger partial charge in [-0.15, -0.1) is 0 Å². The number of imide groups is 1. The van der Waals surface area contributed by atoms with Crippen LogP contribution in [0.1, 0.15) is 17.3 Å². The average Bonchev–Trinajstić information content (AvgIpc) is 2.68. The van der Waals surface area contributed by atoms with Crippen LogP contribution < -0.4 is 10.6 Å². The molecule has 0 aliphatic rings. The number of carbonyl (C=O) groups is 3. The maximum Gasteiger partial charge on any atom is 0.341 e. The van der Waals surface area contributed by atoms with Crippen LogP contribution in [0.2, 0.25) is 0 Å². The number of esters is 1. The van der Waals surface area contributed by atoms with Gasteiger partial charge >= 0.3 is 17.8 Å². The van der Waals surface area contributed by atoms with Crippen LogP contribution in [0.5, 0.6) is 0 Å². The van der Waals surface area contributed by atoms with Crippen molar-refractivity contribution in [1.82, 2.24) is 5.32 Å². The van der Waals surface area contributed by atoms with Crippen molar-refractivity contribution < 1.29 is 36.3 Å². The van der Waals surface area contributed by atoms with Gasteiger partial charge in [0.15, 0.2) is 6.10 Å². The summed E-state index contributed by atoms with van der Waals surface area (Å²) in [4.78, 5) is 35.1. The second-order valence-electron chi connectivity index (χ2n) is 5.69. The highest BCUT2D eigenvalue weighted by Crippen LogP contribution is 2.19. The lowest BCUT2D eigenvalue weighted by Gasteiger charge is -2.13. The molecular weight excluding hydrogens is 410 g/mol. The number of hydrogen-bond donors (Lipinski definition) is 2. The van der Waals surface area contributed by atoms with E-state index in [0.717, 1.165) is 24.3 Å². The lowest BCUT2D eigenvalue weighted by Crippen LogP contribution is -2.41. The normalized spacial score (nSPS) is 12.1.